The van der Waals surface area contributed by atoms with Crippen molar-refractivity contribution < 1.29 is 9.50 Å². The zero-order valence-electron chi connectivity index (χ0n) is 8.56. The fourth-order valence-electron chi connectivity index (χ4n) is 1.39. The molecule has 0 aliphatic heterocycles. The third-order valence-electron chi connectivity index (χ3n) is 2.20. The molecule has 1 atom stereocenters. The Morgan fingerprint density at radius 2 is 2.19 bits per heavy atom. The molecule has 0 spiro atoms. The Morgan fingerprint density at radius 3 is 2.88 bits per heavy atom. The molecule has 2 nitrogen and oxygen atoms in total. The molecule has 0 radical (unpaired) electrons. The van der Waals surface area contributed by atoms with Crippen molar-refractivity contribution in [1.82, 2.24) is 0 Å². The van der Waals surface area contributed by atoms with E-state index in [1.165, 1.54) is 23.5 Å². The van der Waals surface area contributed by atoms with Crippen molar-refractivity contribution in [2.24, 2.45) is 0 Å². The summed E-state index contributed by atoms with van der Waals surface area (Å²) in [7, 11) is 0. The van der Waals surface area contributed by atoms with Gasteiger partial charge < -0.3 is 10.4 Å². The van der Waals surface area contributed by atoms with Crippen molar-refractivity contribution in [2.75, 3.05) is 11.9 Å². The van der Waals surface area contributed by atoms with E-state index in [9.17, 15) is 9.50 Å². The third-order valence-corrected chi connectivity index (χ3v) is 3.17. The molecule has 16 heavy (non-hydrogen) atoms. The van der Waals surface area contributed by atoms with Gasteiger partial charge in [-0.1, -0.05) is 12.1 Å². The van der Waals surface area contributed by atoms with Gasteiger partial charge in [0.1, 0.15) is 11.9 Å². The summed E-state index contributed by atoms with van der Waals surface area (Å²) >= 11 is 1.51. The van der Waals surface area contributed by atoms with Crippen LogP contribution in [-0.2, 0) is 0 Å². The average molecular weight is 237 g/mol. The maximum absolute atomic E-state index is 12.9. The molecule has 2 N–H and O–H groups in total. The quantitative estimate of drug-likeness (QED) is 0.856. The Bertz CT molecular complexity index is 444. The Hall–Kier alpha value is -1.39. The Balaban J connectivity index is 1.92. The molecular weight excluding hydrogens is 225 g/mol. The van der Waals surface area contributed by atoms with Gasteiger partial charge in [0, 0.05) is 17.1 Å². The first-order valence-corrected chi connectivity index (χ1v) is 5.84. The van der Waals surface area contributed by atoms with Gasteiger partial charge >= 0.3 is 0 Å². The van der Waals surface area contributed by atoms with Gasteiger partial charge in [-0.3, -0.25) is 0 Å². The zero-order chi connectivity index (χ0) is 11.4. The summed E-state index contributed by atoms with van der Waals surface area (Å²) in [4.78, 5) is 0.906. The largest absolute Gasteiger partial charge is 0.386 e. The number of rotatable bonds is 4. The fraction of sp³-hybridized carbons (Fsp3) is 0.167. The van der Waals surface area contributed by atoms with Crippen LogP contribution < -0.4 is 5.32 Å². The molecule has 0 bridgehead atoms. The monoisotopic (exact) mass is 237 g/mol. The van der Waals surface area contributed by atoms with Crippen molar-refractivity contribution in [2.45, 2.75) is 6.10 Å². The molecule has 0 aliphatic carbocycles. The summed E-state index contributed by atoms with van der Waals surface area (Å²) in [6.45, 7) is 0.379. The summed E-state index contributed by atoms with van der Waals surface area (Å²) in [5.41, 5.74) is 0.676. The molecule has 0 aliphatic rings. The SMILES string of the molecule is OC(CNc1cccc(F)c1)c1cccs1. The van der Waals surface area contributed by atoms with E-state index in [1.807, 2.05) is 17.5 Å². The van der Waals surface area contributed by atoms with E-state index in [-0.39, 0.29) is 5.82 Å². The van der Waals surface area contributed by atoms with Gasteiger partial charge in [-0.05, 0) is 29.6 Å². The highest BCUT2D eigenvalue weighted by Crippen LogP contribution is 2.19. The van der Waals surface area contributed by atoms with Crippen LogP contribution in [0.25, 0.3) is 0 Å². The van der Waals surface area contributed by atoms with Crippen LogP contribution in [0.4, 0.5) is 10.1 Å². The second-order valence-electron chi connectivity index (χ2n) is 3.42. The molecule has 1 unspecified atom stereocenters. The molecule has 1 aromatic carbocycles. The Morgan fingerprint density at radius 1 is 1.31 bits per heavy atom. The van der Waals surface area contributed by atoms with E-state index in [0.29, 0.717) is 12.2 Å². The fourth-order valence-corrected chi connectivity index (χ4v) is 2.11. The van der Waals surface area contributed by atoms with Crippen molar-refractivity contribution >= 4 is 17.0 Å². The number of nitrogens with one attached hydrogen (secondary N) is 1. The maximum Gasteiger partial charge on any atom is 0.125 e. The molecule has 2 rings (SSSR count). The van der Waals surface area contributed by atoms with Crippen LogP contribution in [0.2, 0.25) is 0 Å². The number of benzene rings is 1. The lowest BCUT2D eigenvalue weighted by atomic mass is 10.2. The number of hydrogen-bond donors (Lipinski definition) is 2. The van der Waals surface area contributed by atoms with Crippen LogP contribution in [0.1, 0.15) is 11.0 Å². The maximum atomic E-state index is 12.9. The highest BCUT2D eigenvalue weighted by Gasteiger charge is 2.07. The minimum atomic E-state index is -0.553. The van der Waals surface area contributed by atoms with Gasteiger partial charge in [0.25, 0.3) is 0 Å². The van der Waals surface area contributed by atoms with Crippen LogP contribution in [-0.4, -0.2) is 11.7 Å². The van der Waals surface area contributed by atoms with E-state index in [0.717, 1.165) is 4.88 Å². The highest BCUT2D eigenvalue weighted by molar-refractivity contribution is 7.10. The van der Waals surface area contributed by atoms with Gasteiger partial charge in [0.2, 0.25) is 0 Å². The lowest BCUT2D eigenvalue weighted by molar-refractivity contribution is 0.195. The molecule has 4 heteroatoms. The Labute approximate surface area is 97.4 Å². The highest BCUT2D eigenvalue weighted by atomic mass is 32.1. The summed E-state index contributed by atoms with van der Waals surface area (Å²) in [5.74, 6) is -0.282. The summed E-state index contributed by atoms with van der Waals surface area (Å²) in [6, 6.07) is 9.97. The number of hydrogen-bond acceptors (Lipinski definition) is 3. The second-order valence-corrected chi connectivity index (χ2v) is 4.40. The van der Waals surface area contributed by atoms with Gasteiger partial charge in [-0.2, -0.15) is 0 Å². The van der Waals surface area contributed by atoms with Crippen molar-refractivity contribution in [3.8, 4) is 0 Å². The van der Waals surface area contributed by atoms with Crippen LogP contribution in [0.5, 0.6) is 0 Å². The lowest BCUT2D eigenvalue weighted by Gasteiger charge is -2.11. The van der Waals surface area contributed by atoms with Crippen LogP contribution in [0.15, 0.2) is 41.8 Å². The first kappa shape index (κ1) is 11.1. The molecule has 0 saturated heterocycles. The summed E-state index contributed by atoms with van der Waals surface area (Å²) in [5, 5.41) is 14.7. The summed E-state index contributed by atoms with van der Waals surface area (Å²) in [6.07, 6.45) is -0.553. The summed E-state index contributed by atoms with van der Waals surface area (Å²) < 4.78 is 12.9. The number of aliphatic hydroxyl groups is 1. The molecule has 2 aromatic rings. The van der Waals surface area contributed by atoms with Gasteiger partial charge in [-0.15, -0.1) is 11.3 Å². The molecule has 1 aromatic heterocycles. The van der Waals surface area contributed by atoms with Crippen LogP contribution in [0.3, 0.4) is 0 Å². The normalized spacial score (nSPS) is 12.4. The smallest absolute Gasteiger partial charge is 0.125 e. The van der Waals surface area contributed by atoms with Crippen molar-refractivity contribution in [1.29, 1.82) is 0 Å². The van der Waals surface area contributed by atoms with Crippen molar-refractivity contribution in [3.63, 3.8) is 0 Å². The number of thiophene rings is 1. The minimum Gasteiger partial charge on any atom is -0.386 e. The minimum absolute atomic E-state index is 0.282. The van der Waals surface area contributed by atoms with E-state index in [4.69, 9.17) is 0 Å². The number of aliphatic hydroxyl groups excluding tert-OH is 1. The Kier molecular flexibility index (Phi) is 3.54. The molecule has 0 fully saturated rings. The van der Waals surface area contributed by atoms with Gasteiger partial charge in [0.05, 0.1) is 0 Å². The number of anilines is 1. The first-order valence-electron chi connectivity index (χ1n) is 4.96. The van der Waals surface area contributed by atoms with Gasteiger partial charge in [-0.25, -0.2) is 4.39 Å². The molecule has 0 saturated carbocycles. The van der Waals surface area contributed by atoms with E-state index in [2.05, 4.69) is 5.32 Å². The molecular formula is C12H12FNOS. The van der Waals surface area contributed by atoms with E-state index < -0.39 is 6.10 Å². The number of halogens is 1. The lowest BCUT2D eigenvalue weighted by Crippen LogP contribution is -2.10. The average Bonchev–Trinajstić information content (AvgIpc) is 2.79. The predicted octanol–water partition coefficient (Wildman–Crippen LogP) is 3.03. The topological polar surface area (TPSA) is 32.3 Å². The standard InChI is InChI=1S/C12H12FNOS/c13-9-3-1-4-10(7-9)14-8-11(15)12-5-2-6-16-12/h1-7,11,14-15H,8H2. The first-order chi connectivity index (χ1) is 7.75. The second kappa shape index (κ2) is 5.09. The molecule has 1 heterocycles. The predicted molar refractivity (Wildman–Crippen MR) is 64.2 cm³/mol. The third kappa shape index (κ3) is 2.81. The molecule has 84 valence electrons. The van der Waals surface area contributed by atoms with Gasteiger partial charge in [0.15, 0.2) is 0 Å². The van der Waals surface area contributed by atoms with Crippen LogP contribution in [0, 0.1) is 5.82 Å². The van der Waals surface area contributed by atoms with E-state index in [1.54, 1.807) is 12.1 Å². The zero-order valence-corrected chi connectivity index (χ0v) is 9.38. The van der Waals surface area contributed by atoms with E-state index >= 15 is 0 Å². The van der Waals surface area contributed by atoms with Crippen LogP contribution >= 0.6 is 11.3 Å². The molecule has 0 amide bonds. The van der Waals surface area contributed by atoms with Crippen molar-refractivity contribution in [3.05, 3.63) is 52.5 Å².